The van der Waals surface area contributed by atoms with Gasteiger partial charge in [-0.25, -0.2) is 0 Å². The van der Waals surface area contributed by atoms with E-state index >= 15 is 0 Å². The second-order valence-corrected chi connectivity index (χ2v) is 7.00. The van der Waals surface area contributed by atoms with E-state index in [1.807, 2.05) is 48.5 Å². The molecule has 0 aromatic heterocycles. The number of carbonyl (C=O) groups is 1. The number of hydrogen-bond acceptors (Lipinski definition) is 3. The molecule has 3 rings (SSSR count). The molecule has 1 atom stereocenters. The summed E-state index contributed by atoms with van der Waals surface area (Å²) < 4.78 is 6.66. The molecule has 0 bridgehead atoms. The van der Waals surface area contributed by atoms with Gasteiger partial charge < -0.3 is 10.1 Å². The molecule has 0 unspecified atom stereocenters. The normalized spacial score (nSPS) is 16.5. The maximum atomic E-state index is 12.2. The standard InChI is InChI=1S/C17H16BrNO2S/c18-12-5-7-13(8-6-12)22-11-17(20)19-15-9-10-21-16-4-2-1-3-14(15)16/h1-8,15H,9-11H2,(H,19,20)/t15-/m0/s1. The average Bonchev–Trinajstić information content (AvgIpc) is 2.55. The first-order chi connectivity index (χ1) is 10.7. The molecule has 1 amide bonds. The summed E-state index contributed by atoms with van der Waals surface area (Å²) in [7, 11) is 0. The SMILES string of the molecule is O=C(CSc1ccc(Br)cc1)N[C@H]1CCOc2ccccc21. The number of thioether (sulfide) groups is 1. The molecule has 5 heteroatoms. The molecule has 0 spiro atoms. The van der Waals surface area contributed by atoms with Gasteiger partial charge in [-0.05, 0) is 30.3 Å². The molecule has 0 radical (unpaired) electrons. The van der Waals surface area contributed by atoms with Crippen LogP contribution in [-0.2, 0) is 4.79 Å². The highest BCUT2D eigenvalue weighted by Crippen LogP contribution is 2.31. The zero-order chi connectivity index (χ0) is 15.4. The molecule has 2 aromatic carbocycles. The predicted molar refractivity (Wildman–Crippen MR) is 92.3 cm³/mol. The first kappa shape index (κ1) is 15.4. The van der Waals surface area contributed by atoms with Crippen LogP contribution in [0.3, 0.4) is 0 Å². The monoisotopic (exact) mass is 377 g/mol. The van der Waals surface area contributed by atoms with Crippen LogP contribution in [0.5, 0.6) is 5.75 Å². The quantitative estimate of drug-likeness (QED) is 0.812. The summed E-state index contributed by atoms with van der Waals surface area (Å²) in [5, 5.41) is 3.11. The average molecular weight is 378 g/mol. The number of ether oxygens (including phenoxy) is 1. The smallest absolute Gasteiger partial charge is 0.230 e. The van der Waals surface area contributed by atoms with Gasteiger partial charge in [0.05, 0.1) is 18.4 Å². The highest BCUT2D eigenvalue weighted by atomic mass is 79.9. The van der Waals surface area contributed by atoms with Gasteiger partial charge in [0.2, 0.25) is 5.91 Å². The first-order valence-corrected chi connectivity index (χ1v) is 8.90. The minimum absolute atomic E-state index is 0.0444. The predicted octanol–water partition coefficient (Wildman–Crippen LogP) is 4.18. The molecule has 1 aliphatic rings. The van der Waals surface area contributed by atoms with Gasteiger partial charge in [-0.15, -0.1) is 11.8 Å². The number of para-hydroxylation sites is 1. The lowest BCUT2D eigenvalue weighted by Gasteiger charge is -2.26. The second kappa shape index (κ2) is 7.20. The van der Waals surface area contributed by atoms with Gasteiger partial charge >= 0.3 is 0 Å². The third-order valence-corrected chi connectivity index (χ3v) is 5.02. The van der Waals surface area contributed by atoms with E-state index in [0.717, 1.165) is 27.1 Å². The maximum absolute atomic E-state index is 12.2. The molecule has 1 heterocycles. The van der Waals surface area contributed by atoms with Crippen molar-refractivity contribution in [1.82, 2.24) is 5.32 Å². The van der Waals surface area contributed by atoms with Crippen LogP contribution in [0.1, 0.15) is 18.0 Å². The van der Waals surface area contributed by atoms with Crippen LogP contribution in [0.2, 0.25) is 0 Å². The molecular weight excluding hydrogens is 362 g/mol. The summed E-state index contributed by atoms with van der Waals surface area (Å²) in [5.74, 6) is 1.34. The van der Waals surface area contributed by atoms with E-state index < -0.39 is 0 Å². The van der Waals surface area contributed by atoms with Crippen molar-refractivity contribution in [3.8, 4) is 5.75 Å². The van der Waals surface area contributed by atoms with Crippen molar-refractivity contribution in [3.05, 3.63) is 58.6 Å². The van der Waals surface area contributed by atoms with Gasteiger partial charge in [-0.3, -0.25) is 4.79 Å². The third kappa shape index (κ3) is 3.84. The van der Waals surface area contributed by atoms with Crippen molar-refractivity contribution < 1.29 is 9.53 Å². The van der Waals surface area contributed by atoms with Crippen molar-refractivity contribution in [3.63, 3.8) is 0 Å². The van der Waals surface area contributed by atoms with Crippen molar-refractivity contribution in [1.29, 1.82) is 0 Å². The van der Waals surface area contributed by atoms with Crippen molar-refractivity contribution in [2.45, 2.75) is 17.4 Å². The van der Waals surface area contributed by atoms with Crippen molar-refractivity contribution in [2.75, 3.05) is 12.4 Å². The lowest BCUT2D eigenvalue weighted by molar-refractivity contribution is -0.119. The fraction of sp³-hybridized carbons (Fsp3) is 0.235. The van der Waals surface area contributed by atoms with E-state index in [1.54, 1.807) is 11.8 Å². The largest absolute Gasteiger partial charge is 0.493 e. The summed E-state index contributed by atoms with van der Waals surface area (Å²) in [6, 6.07) is 15.9. The second-order valence-electron chi connectivity index (χ2n) is 5.04. The fourth-order valence-electron chi connectivity index (χ4n) is 2.41. The number of fused-ring (bicyclic) bond motifs is 1. The Balaban J connectivity index is 1.57. The molecule has 0 fully saturated rings. The van der Waals surface area contributed by atoms with Crippen LogP contribution >= 0.6 is 27.7 Å². The van der Waals surface area contributed by atoms with Gasteiger partial charge in [0.1, 0.15) is 5.75 Å². The molecule has 22 heavy (non-hydrogen) atoms. The molecular formula is C17H16BrNO2S. The van der Waals surface area contributed by atoms with Crippen LogP contribution in [-0.4, -0.2) is 18.3 Å². The van der Waals surface area contributed by atoms with E-state index in [1.165, 1.54) is 0 Å². The summed E-state index contributed by atoms with van der Waals surface area (Å²) in [5.41, 5.74) is 1.07. The Hall–Kier alpha value is -1.46. The minimum Gasteiger partial charge on any atom is -0.493 e. The molecule has 0 saturated carbocycles. The zero-order valence-electron chi connectivity index (χ0n) is 11.9. The summed E-state index contributed by atoms with van der Waals surface area (Å²) in [4.78, 5) is 13.3. The highest BCUT2D eigenvalue weighted by Gasteiger charge is 2.22. The van der Waals surface area contributed by atoms with Gasteiger partial charge in [-0.2, -0.15) is 0 Å². The molecule has 0 saturated heterocycles. The van der Waals surface area contributed by atoms with Gasteiger partial charge in [0.25, 0.3) is 0 Å². The number of hydrogen-bond donors (Lipinski definition) is 1. The number of nitrogens with one attached hydrogen (secondary N) is 1. The lowest BCUT2D eigenvalue weighted by atomic mass is 10.0. The Bertz CT molecular complexity index is 660. The van der Waals surface area contributed by atoms with Crippen LogP contribution in [0.15, 0.2) is 57.9 Å². The molecule has 0 aliphatic carbocycles. The topological polar surface area (TPSA) is 38.3 Å². The summed E-state index contributed by atoms with van der Waals surface area (Å²) in [6.07, 6.45) is 0.811. The van der Waals surface area contributed by atoms with E-state index in [-0.39, 0.29) is 11.9 Å². The summed E-state index contributed by atoms with van der Waals surface area (Å²) >= 11 is 4.95. The summed E-state index contributed by atoms with van der Waals surface area (Å²) in [6.45, 7) is 0.641. The maximum Gasteiger partial charge on any atom is 0.230 e. The molecule has 114 valence electrons. The third-order valence-electron chi connectivity index (χ3n) is 3.48. The van der Waals surface area contributed by atoms with Gasteiger partial charge in [0.15, 0.2) is 0 Å². The minimum atomic E-state index is 0.0444. The van der Waals surface area contributed by atoms with Gasteiger partial charge in [0, 0.05) is 21.4 Å². The Morgan fingerprint density at radius 3 is 2.82 bits per heavy atom. The lowest BCUT2D eigenvalue weighted by Crippen LogP contribution is -2.33. The first-order valence-electron chi connectivity index (χ1n) is 7.12. The molecule has 3 nitrogen and oxygen atoms in total. The number of rotatable bonds is 4. The number of benzene rings is 2. The molecule has 1 aliphatic heterocycles. The number of amides is 1. The van der Waals surface area contributed by atoms with E-state index in [2.05, 4.69) is 21.2 Å². The Morgan fingerprint density at radius 1 is 1.23 bits per heavy atom. The van der Waals surface area contributed by atoms with Crippen LogP contribution in [0.4, 0.5) is 0 Å². The molecule has 2 aromatic rings. The van der Waals surface area contributed by atoms with Crippen molar-refractivity contribution >= 4 is 33.6 Å². The fourth-order valence-corrected chi connectivity index (χ4v) is 3.38. The van der Waals surface area contributed by atoms with Crippen LogP contribution in [0.25, 0.3) is 0 Å². The zero-order valence-corrected chi connectivity index (χ0v) is 14.3. The molecule has 1 N–H and O–H groups in total. The van der Waals surface area contributed by atoms with E-state index in [9.17, 15) is 4.79 Å². The van der Waals surface area contributed by atoms with Crippen molar-refractivity contribution in [2.24, 2.45) is 0 Å². The Kier molecular flexibility index (Phi) is 5.05. The van der Waals surface area contributed by atoms with Crippen LogP contribution < -0.4 is 10.1 Å². The Morgan fingerprint density at radius 2 is 2.00 bits per heavy atom. The number of carbonyl (C=O) groups excluding carboxylic acids is 1. The number of halogens is 1. The van der Waals surface area contributed by atoms with Gasteiger partial charge in [-0.1, -0.05) is 34.1 Å². The Labute approximate surface area is 142 Å². The van der Waals surface area contributed by atoms with E-state index in [4.69, 9.17) is 4.74 Å². The van der Waals surface area contributed by atoms with Crippen LogP contribution in [0, 0.1) is 0 Å². The van der Waals surface area contributed by atoms with E-state index in [0.29, 0.717) is 12.4 Å². The highest BCUT2D eigenvalue weighted by molar-refractivity contribution is 9.10.